The van der Waals surface area contributed by atoms with E-state index in [9.17, 15) is 0 Å². The van der Waals surface area contributed by atoms with Crippen LogP contribution in [0.3, 0.4) is 0 Å². The zero-order chi connectivity index (χ0) is 17.8. The van der Waals surface area contributed by atoms with Gasteiger partial charge in [0.15, 0.2) is 0 Å². The Morgan fingerprint density at radius 2 is 2.12 bits per heavy atom. The highest BCUT2D eigenvalue weighted by Gasteiger charge is 2.22. The molecule has 1 aliphatic heterocycles. The molecule has 3 aromatic rings. The van der Waals surface area contributed by atoms with Gasteiger partial charge < -0.3 is 14.0 Å². The third-order valence-corrected chi connectivity index (χ3v) is 5.14. The van der Waals surface area contributed by atoms with Gasteiger partial charge in [0, 0.05) is 50.9 Å². The van der Waals surface area contributed by atoms with E-state index in [4.69, 9.17) is 4.52 Å². The summed E-state index contributed by atoms with van der Waals surface area (Å²) in [5.74, 6) is 3.25. The second-order valence-corrected chi connectivity index (χ2v) is 7.10. The fraction of sp³-hybridized carbons (Fsp3) is 0.450. The molecule has 6 heteroatoms. The van der Waals surface area contributed by atoms with Crippen LogP contribution in [0.4, 0.5) is 0 Å². The third kappa shape index (κ3) is 4.02. The first-order valence-electron chi connectivity index (χ1n) is 9.34. The molecule has 3 heterocycles. The summed E-state index contributed by atoms with van der Waals surface area (Å²) < 4.78 is 7.56. The van der Waals surface area contributed by atoms with Gasteiger partial charge in [-0.3, -0.25) is 0 Å². The van der Waals surface area contributed by atoms with Gasteiger partial charge >= 0.3 is 0 Å². The van der Waals surface area contributed by atoms with E-state index in [2.05, 4.69) is 31.6 Å². The fourth-order valence-electron chi connectivity index (χ4n) is 3.69. The predicted octanol–water partition coefficient (Wildman–Crippen LogP) is 2.97. The van der Waals surface area contributed by atoms with Crippen LogP contribution in [0.5, 0.6) is 0 Å². The predicted molar refractivity (Wildman–Crippen MR) is 99.5 cm³/mol. The Bertz CT molecular complexity index is 826. The summed E-state index contributed by atoms with van der Waals surface area (Å²) in [7, 11) is 2.07. The number of hydrogen-bond acceptors (Lipinski definition) is 5. The lowest BCUT2D eigenvalue weighted by molar-refractivity contribution is 0.170. The number of nitrogens with zero attached hydrogens (tertiary/aromatic N) is 5. The highest BCUT2D eigenvalue weighted by atomic mass is 16.5. The molecular formula is C20H25N5O. The number of rotatable bonds is 6. The van der Waals surface area contributed by atoms with Gasteiger partial charge in [0.05, 0.1) is 0 Å². The highest BCUT2D eigenvalue weighted by Crippen LogP contribution is 2.21. The van der Waals surface area contributed by atoms with Crippen molar-refractivity contribution in [3.63, 3.8) is 0 Å². The van der Waals surface area contributed by atoms with Crippen molar-refractivity contribution in [3.8, 4) is 11.4 Å². The number of aryl methyl sites for hydroxylation is 1. The smallest absolute Gasteiger partial charge is 0.228 e. The molecule has 0 unspecified atom stereocenters. The molecule has 4 rings (SSSR count). The number of aromatic nitrogens is 4. The van der Waals surface area contributed by atoms with Gasteiger partial charge in [-0.15, -0.1) is 0 Å². The minimum absolute atomic E-state index is 0.673. The quantitative estimate of drug-likeness (QED) is 0.683. The molecule has 0 saturated carbocycles. The molecule has 0 aliphatic carbocycles. The molecule has 1 atom stereocenters. The van der Waals surface area contributed by atoms with Crippen LogP contribution >= 0.6 is 0 Å². The third-order valence-electron chi connectivity index (χ3n) is 5.14. The number of imidazole rings is 1. The van der Waals surface area contributed by atoms with Crippen molar-refractivity contribution in [2.75, 3.05) is 19.6 Å². The number of hydrogen-bond donors (Lipinski definition) is 0. The SMILES string of the molecule is Cn1ccnc1C[C@H]1CCCN(CCc2nc(-c3ccccc3)no2)C1. The molecule has 1 aliphatic rings. The number of likely N-dealkylation sites (tertiary alicyclic amines) is 1. The van der Waals surface area contributed by atoms with E-state index in [0.29, 0.717) is 11.7 Å². The lowest BCUT2D eigenvalue weighted by Gasteiger charge is -2.32. The largest absolute Gasteiger partial charge is 0.339 e. The molecule has 0 spiro atoms. The zero-order valence-corrected chi connectivity index (χ0v) is 15.2. The average molecular weight is 351 g/mol. The summed E-state index contributed by atoms with van der Waals surface area (Å²) in [6.45, 7) is 3.23. The van der Waals surface area contributed by atoms with Gasteiger partial charge in [-0.25, -0.2) is 4.98 Å². The molecule has 0 amide bonds. The van der Waals surface area contributed by atoms with Crippen LogP contribution < -0.4 is 0 Å². The summed E-state index contributed by atoms with van der Waals surface area (Å²) in [5.41, 5.74) is 0.996. The van der Waals surface area contributed by atoms with Crippen LogP contribution in [0.25, 0.3) is 11.4 Å². The van der Waals surface area contributed by atoms with Crippen LogP contribution in [0.15, 0.2) is 47.2 Å². The summed E-state index contributed by atoms with van der Waals surface area (Å²) in [6, 6.07) is 9.97. The number of piperidine rings is 1. The Labute approximate surface area is 153 Å². The van der Waals surface area contributed by atoms with Gasteiger partial charge in [0.2, 0.25) is 11.7 Å². The molecule has 1 aromatic carbocycles. The van der Waals surface area contributed by atoms with E-state index >= 15 is 0 Å². The topological polar surface area (TPSA) is 60.0 Å². The first-order valence-corrected chi connectivity index (χ1v) is 9.34. The van der Waals surface area contributed by atoms with Crippen molar-refractivity contribution < 1.29 is 4.52 Å². The normalized spacial score (nSPS) is 18.3. The molecule has 0 radical (unpaired) electrons. The Hall–Kier alpha value is -2.47. The first kappa shape index (κ1) is 17.0. The average Bonchev–Trinajstić information content (AvgIpc) is 3.31. The van der Waals surface area contributed by atoms with E-state index in [-0.39, 0.29) is 0 Å². The van der Waals surface area contributed by atoms with Crippen LogP contribution in [-0.2, 0) is 19.9 Å². The van der Waals surface area contributed by atoms with Crippen molar-refractivity contribution in [2.24, 2.45) is 13.0 Å². The minimum atomic E-state index is 0.673. The van der Waals surface area contributed by atoms with Crippen molar-refractivity contribution in [2.45, 2.75) is 25.7 Å². The summed E-state index contributed by atoms with van der Waals surface area (Å²) in [5, 5.41) is 4.11. The van der Waals surface area contributed by atoms with Crippen molar-refractivity contribution >= 4 is 0 Å². The summed E-state index contributed by atoms with van der Waals surface area (Å²) in [4.78, 5) is 11.5. The van der Waals surface area contributed by atoms with Gasteiger partial charge in [-0.2, -0.15) is 4.98 Å². The molecule has 1 fully saturated rings. The van der Waals surface area contributed by atoms with Crippen LogP contribution in [-0.4, -0.2) is 44.2 Å². The summed E-state index contributed by atoms with van der Waals surface area (Å²) in [6.07, 6.45) is 8.29. The van der Waals surface area contributed by atoms with E-state index in [1.54, 1.807) is 0 Å². The Morgan fingerprint density at radius 1 is 1.23 bits per heavy atom. The molecule has 26 heavy (non-hydrogen) atoms. The van der Waals surface area contributed by atoms with Gasteiger partial charge in [0.1, 0.15) is 5.82 Å². The maximum Gasteiger partial charge on any atom is 0.228 e. The van der Waals surface area contributed by atoms with Gasteiger partial charge in [-0.1, -0.05) is 35.5 Å². The maximum atomic E-state index is 5.44. The number of benzene rings is 1. The van der Waals surface area contributed by atoms with E-state index in [1.807, 2.05) is 42.7 Å². The molecule has 136 valence electrons. The molecular weight excluding hydrogens is 326 g/mol. The van der Waals surface area contributed by atoms with Crippen LogP contribution in [0.1, 0.15) is 24.6 Å². The Morgan fingerprint density at radius 3 is 2.92 bits per heavy atom. The lowest BCUT2D eigenvalue weighted by Crippen LogP contribution is -2.37. The Balaban J connectivity index is 1.30. The monoisotopic (exact) mass is 351 g/mol. The van der Waals surface area contributed by atoms with E-state index in [1.165, 1.54) is 18.7 Å². The lowest BCUT2D eigenvalue weighted by atomic mass is 9.94. The van der Waals surface area contributed by atoms with Gasteiger partial charge in [0.25, 0.3) is 0 Å². The van der Waals surface area contributed by atoms with E-state index < -0.39 is 0 Å². The van der Waals surface area contributed by atoms with Crippen LogP contribution in [0, 0.1) is 5.92 Å². The maximum absolute atomic E-state index is 5.44. The van der Waals surface area contributed by atoms with Crippen molar-refractivity contribution in [3.05, 3.63) is 54.4 Å². The van der Waals surface area contributed by atoms with E-state index in [0.717, 1.165) is 43.9 Å². The summed E-state index contributed by atoms with van der Waals surface area (Å²) >= 11 is 0. The van der Waals surface area contributed by atoms with Gasteiger partial charge in [-0.05, 0) is 25.3 Å². The zero-order valence-electron chi connectivity index (χ0n) is 15.2. The first-order chi connectivity index (χ1) is 12.8. The Kier molecular flexibility index (Phi) is 5.11. The minimum Gasteiger partial charge on any atom is -0.339 e. The highest BCUT2D eigenvalue weighted by molar-refractivity contribution is 5.53. The second kappa shape index (κ2) is 7.83. The van der Waals surface area contributed by atoms with Crippen LogP contribution in [0.2, 0.25) is 0 Å². The molecule has 0 bridgehead atoms. The second-order valence-electron chi connectivity index (χ2n) is 7.10. The van der Waals surface area contributed by atoms with Crippen molar-refractivity contribution in [1.82, 2.24) is 24.6 Å². The standard InChI is InChI=1S/C20H25N5O/c1-24-13-10-21-18(24)14-16-6-5-11-25(15-16)12-9-19-22-20(23-26-19)17-7-3-2-4-8-17/h2-4,7-8,10,13,16H,5-6,9,11-12,14-15H2,1H3/t16-/m1/s1. The molecule has 1 saturated heterocycles. The molecule has 6 nitrogen and oxygen atoms in total. The van der Waals surface area contributed by atoms with Crippen molar-refractivity contribution in [1.29, 1.82) is 0 Å². The molecule has 2 aromatic heterocycles. The fourth-order valence-corrected chi connectivity index (χ4v) is 3.69. The molecule has 0 N–H and O–H groups in total.